The molecule has 2 N–H and O–H groups in total. The largest absolute Gasteiger partial charge is 0.398 e. The van der Waals surface area contributed by atoms with Crippen LogP contribution in [0.25, 0.3) is 0 Å². The summed E-state index contributed by atoms with van der Waals surface area (Å²) in [6.07, 6.45) is 1.67. The van der Waals surface area contributed by atoms with E-state index in [0.29, 0.717) is 6.54 Å². The lowest BCUT2D eigenvalue weighted by Crippen LogP contribution is -2.34. The lowest BCUT2D eigenvalue weighted by molar-refractivity contribution is 0.408. The van der Waals surface area contributed by atoms with Crippen molar-refractivity contribution in [2.45, 2.75) is 30.7 Å². The van der Waals surface area contributed by atoms with Crippen LogP contribution in [0.2, 0.25) is 0 Å². The Bertz CT molecular complexity index is 577. The van der Waals surface area contributed by atoms with E-state index in [-0.39, 0.29) is 21.1 Å². The van der Waals surface area contributed by atoms with Gasteiger partial charge in [-0.2, -0.15) is 4.31 Å². The molecule has 1 aromatic carbocycles. The van der Waals surface area contributed by atoms with E-state index < -0.39 is 15.8 Å². The predicted molar refractivity (Wildman–Crippen MR) is 71.1 cm³/mol. The summed E-state index contributed by atoms with van der Waals surface area (Å²) in [7, 11) is -3.65. The van der Waals surface area contributed by atoms with E-state index in [4.69, 9.17) is 5.73 Å². The zero-order chi connectivity index (χ0) is 13.5. The van der Waals surface area contributed by atoms with Gasteiger partial charge >= 0.3 is 0 Å². The number of hydrogen-bond donors (Lipinski definition) is 1. The van der Waals surface area contributed by atoms with Crippen LogP contribution in [-0.4, -0.2) is 25.3 Å². The van der Waals surface area contributed by atoms with Crippen LogP contribution in [-0.2, 0) is 10.0 Å². The fraction of sp³-hybridized carbons (Fsp3) is 0.455. The molecule has 1 aliphatic rings. The van der Waals surface area contributed by atoms with E-state index in [2.05, 4.69) is 15.9 Å². The first-order chi connectivity index (χ1) is 8.34. The van der Waals surface area contributed by atoms with E-state index in [1.165, 1.54) is 10.4 Å². The van der Waals surface area contributed by atoms with Crippen LogP contribution >= 0.6 is 15.9 Å². The normalized spacial score (nSPS) is 21.4. The van der Waals surface area contributed by atoms with Crippen LogP contribution in [0.1, 0.15) is 19.8 Å². The number of halogens is 2. The molecule has 1 heterocycles. The Kier molecular flexibility index (Phi) is 3.66. The molecular formula is C11H14BrFN2O2S. The average molecular weight is 337 g/mol. The van der Waals surface area contributed by atoms with Crippen molar-refractivity contribution < 1.29 is 12.8 Å². The van der Waals surface area contributed by atoms with Crippen LogP contribution < -0.4 is 5.73 Å². The molecule has 0 amide bonds. The summed E-state index contributed by atoms with van der Waals surface area (Å²) in [6, 6.07) is 2.21. The van der Waals surface area contributed by atoms with Gasteiger partial charge in [0.25, 0.3) is 0 Å². The van der Waals surface area contributed by atoms with Crippen molar-refractivity contribution in [1.82, 2.24) is 4.31 Å². The van der Waals surface area contributed by atoms with Gasteiger partial charge in [-0.1, -0.05) is 0 Å². The standard InChI is InChI=1S/C11H14BrFN2O2S/c1-7-3-2-4-15(7)18(16,17)11-5-8(12)9(13)6-10(11)14/h5-7H,2-4,14H2,1H3. The average Bonchev–Trinajstić information content (AvgIpc) is 2.70. The summed E-state index contributed by atoms with van der Waals surface area (Å²) in [5.41, 5.74) is 5.56. The highest BCUT2D eigenvalue weighted by atomic mass is 79.9. The van der Waals surface area contributed by atoms with Crippen molar-refractivity contribution in [3.63, 3.8) is 0 Å². The maximum atomic E-state index is 13.3. The number of hydrogen-bond acceptors (Lipinski definition) is 3. The summed E-state index contributed by atoms with van der Waals surface area (Å²) in [5, 5.41) is 0. The van der Waals surface area contributed by atoms with Crippen molar-refractivity contribution in [2.24, 2.45) is 0 Å². The molecule has 1 aliphatic heterocycles. The quantitative estimate of drug-likeness (QED) is 0.843. The number of anilines is 1. The summed E-state index contributed by atoms with van der Waals surface area (Å²) < 4.78 is 39.6. The molecule has 1 saturated heterocycles. The van der Waals surface area contributed by atoms with Crippen molar-refractivity contribution >= 4 is 31.6 Å². The molecule has 2 rings (SSSR count). The van der Waals surface area contributed by atoms with Crippen molar-refractivity contribution in [1.29, 1.82) is 0 Å². The number of nitrogens with zero attached hydrogens (tertiary/aromatic N) is 1. The number of nitrogens with two attached hydrogens (primary N) is 1. The molecule has 0 radical (unpaired) electrons. The second-order valence-corrected chi connectivity index (χ2v) is 7.12. The minimum absolute atomic E-state index is 0.0375. The highest BCUT2D eigenvalue weighted by Gasteiger charge is 2.34. The SMILES string of the molecule is CC1CCCN1S(=O)(=O)c1cc(Br)c(F)cc1N. The third-order valence-corrected chi connectivity index (χ3v) is 5.81. The second-order valence-electron chi connectivity index (χ2n) is 4.41. The van der Waals surface area contributed by atoms with Crippen molar-refractivity contribution in [3.8, 4) is 0 Å². The maximum absolute atomic E-state index is 13.3. The summed E-state index contributed by atoms with van der Waals surface area (Å²) in [6.45, 7) is 2.34. The van der Waals surface area contributed by atoms with Crippen LogP contribution in [0.4, 0.5) is 10.1 Å². The Hall–Kier alpha value is -0.660. The first kappa shape index (κ1) is 13.8. The molecule has 0 saturated carbocycles. The lowest BCUT2D eigenvalue weighted by atomic mass is 10.3. The van der Waals surface area contributed by atoms with Gasteiger partial charge in [0.1, 0.15) is 10.7 Å². The molecule has 1 fully saturated rings. The zero-order valence-corrected chi connectivity index (χ0v) is 12.3. The fourth-order valence-electron chi connectivity index (χ4n) is 2.16. The number of nitrogen functional groups attached to an aromatic ring is 1. The first-order valence-corrected chi connectivity index (χ1v) is 7.83. The van der Waals surface area contributed by atoms with Gasteiger partial charge in [-0.15, -0.1) is 0 Å². The summed E-state index contributed by atoms with van der Waals surface area (Å²) in [5.74, 6) is -0.569. The molecule has 7 heteroatoms. The molecular weight excluding hydrogens is 323 g/mol. The van der Waals surface area contributed by atoms with E-state index in [0.717, 1.165) is 18.9 Å². The summed E-state index contributed by atoms with van der Waals surface area (Å²) in [4.78, 5) is -0.0375. The topological polar surface area (TPSA) is 63.4 Å². The molecule has 1 aromatic rings. The molecule has 0 bridgehead atoms. The number of sulfonamides is 1. The molecule has 1 atom stereocenters. The molecule has 4 nitrogen and oxygen atoms in total. The fourth-order valence-corrected chi connectivity index (χ4v) is 4.48. The highest BCUT2D eigenvalue weighted by molar-refractivity contribution is 9.10. The Morgan fingerprint density at radius 2 is 2.17 bits per heavy atom. The molecule has 18 heavy (non-hydrogen) atoms. The molecule has 1 unspecified atom stereocenters. The van der Waals surface area contributed by atoms with Gasteiger partial charge in [-0.05, 0) is 47.8 Å². The minimum Gasteiger partial charge on any atom is -0.398 e. The van der Waals surface area contributed by atoms with E-state index in [1.54, 1.807) is 0 Å². The first-order valence-electron chi connectivity index (χ1n) is 5.60. The van der Waals surface area contributed by atoms with Gasteiger partial charge < -0.3 is 5.73 Å². The van der Waals surface area contributed by atoms with E-state index >= 15 is 0 Å². The van der Waals surface area contributed by atoms with Gasteiger partial charge in [0, 0.05) is 12.6 Å². The predicted octanol–water partition coefficient (Wildman–Crippen LogP) is 2.34. The smallest absolute Gasteiger partial charge is 0.245 e. The van der Waals surface area contributed by atoms with E-state index in [9.17, 15) is 12.8 Å². The van der Waals surface area contributed by atoms with Crippen molar-refractivity contribution in [3.05, 3.63) is 22.4 Å². The minimum atomic E-state index is -3.65. The molecule has 0 spiro atoms. The van der Waals surface area contributed by atoms with Gasteiger partial charge in [-0.3, -0.25) is 0 Å². The molecule has 0 aliphatic carbocycles. The van der Waals surface area contributed by atoms with Gasteiger partial charge in [0.15, 0.2) is 0 Å². The van der Waals surface area contributed by atoms with Crippen LogP contribution in [0.5, 0.6) is 0 Å². The number of benzene rings is 1. The van der Waals surface area contributed by atoms with Gasteiger partial charge in [0.05, 0.1) is 10.2 Å². The Morgan fingerprint density at radius 1 is 1.50 bits per heavy atom. The van der Waals surface area contributed by atoms with E-state index in [1.807, 2.05) is 6.92 Å². The van der Waals surface area contributed by atoms with Gasteiger partial charge in [-0.25, -0.2) is 12.8 Å². The monoisotopic (exact) mass is 336 g/mol. The van der Waals surface area contributed by atoms with Crippen LogP contribution in [0, 0.1) is 5.82 Å². The van der Waals surface area contributed by atoms with Crippen LogP contribution in [0.3, 0.4) is 0 Å². The Labute approximate surface area is 114 Å². The second kappa shape index (κ2) is 4.79. The Balaban J connectivity index is 2.51. The zero-order valence-electron chi connectivity index (χ0n) is 9.86. The summed E-state index contributed by atoms with van der Waals surface area (Å²) >= 11 is 2.98. The third-order valence-electron chi connectivity index (χ3n) is 3.13. The van der Waals surface area contributed by atoms with Gasteiger partial charge in [0.2, 0.25) is 10.0 Å². The number of rotatable bonds is 2. The van der Waals surface area contributed by atoms with Crippen molar-refractivity contribution in [2.75, 3.05) is 12.3 Å². The highest BCUT2D eigenvalue weighted by Crippen LogP contribution is 2.31. The van der Waals surface area contributed by atoms with Crippen LogP contribution in [0.15, 0.2) is 21.5 Å². The molecule has 100 valence electrons. The lowest BCUT2D eigenvalue weighted by Gasteiger charge is -2.22. The molecule has 0 aromatic heterocycles. The Morgan fingerprint density at radius 3 is 2.72 bits per heavy atom. The maximum Gasteiger partial charge on any atom is 0.245 e. The third kappa shape index (κ3) is 2.26.